The Morgan fingerprint density at radius 1 is 1.54 bits per heavy atom. The van der Waals surface area contributed by atoms with Gasteiger partial charge in [0.05, 0.1) is 12.2 Å². The molecule has 0 aromatic rings. The molecule has 1 aliphatic rings. The fraction of sp³-hybridized carbons (Fsp3) is 0.818. The lowest BCUT2D eigenvalue weighted by atomic mass is 10.0. The van der Waals surface area contributed by atoms with Gasteiger partial charge in [0.2, 0.25) is 0 Å². The Hall–Kier alpha value is -0.520. The van der Waals surface area contributed by atoms with E-state index in [1.54, 1.807) is 0 Å². The zero-order valence-electron chi connectivity index (χ0n) is 8.04. The van der Waals surface area contributed by atoms with Gasteiger partial charge in [-0.15, -0.1) is 12.3 Å². The second-order valence-electron chi connectivity index (χ2n) is 3.63. The topological polar surface area (TPSA) is 29.5 Å². The molecule has 2 atom stereocenters. The molecule has 0 radical (unpaired) electrons. The van der Waals surface area contributed by atoms with Crippen molar-refractivity contribution in [3.05, 3.63) is 0 Å². The summed E-state index contributed by atoms with van der Waals surface area (Å²) in [5.41, 5.74) is 0. The fourth-order valence-electron chi connectivity index (χ4n) is 1.65. The lowest BCUT2D eigenvalue weighted by Gasteiger charge is -2.23. The Morgan fingerprint density at radius 3 is 3.00 bits per heavy atom. The molecule has 0 amide bonds. The van der Waals surface area contributed by atoms with Gasteiger partial charge in [0, 0.05) is 13.0 Å². The van der Waals surface area contributed by atoms with Crippen molar-refractivity contribution in [3.8, 4) is 12.3 Å². The Morgan fingerprint density at radius 2 is 2.38 bits per heavy atom. The van der Waals surface area contributed by atoms with E-state index in [-0.39, 0.29) is 6.10 Å². The van der Waals surface area contributed by atoms with E-state index < -0.39 is 0 Å². The predicted molar refractivity (Wildman–Crippen MR) is 52.3 cm³/mol. The summed E-state index contributed by atoms with van der Waals surface area (Å²) in [6.07, 6.45) is 10.9. The van der Waals surface area contributed by atoms with Crippen molar-refractivity contribution >= 4 is 0 Å². The Labute approximate surface area is 80.3 Å². The molecule has 1 aliphatic heterocycles. The van der Waals surface area contributed by atoms with Crippen LogP contribution in [0.25, 0.3) is 0 Å². The lowest BCUT2D eigenvalue weighted by Crippen LogP contribution is -2.20. The van der Waals surface area contributed by atoms with Crippen LogP contribution in [0.4, 0.5) is 0 Å². The third-order valence-corrected chi connectivity index (χ3v) is 2.45. The summed E-state index contributed by atoms with van der Waals surface area (Å²) >= 11 is 0. The SMILES string of the molecule is C#CCC(O)CCC1CCCCO1. The number of terminal acetylenes is 1. The van der Waals surface area contributed by atoms with Crippen LogP contribution >= 0.6 is 0 Å². The average Bonchev–Trinajstić information content (AvgIpc) is 2.17. The third kappa shape index (κ3) is 4.31. The normalized spacial score (nSPS) is 25.1. The Kier molecular flexibility index (Phi) is 4.88. The number of aliphatic hydroxyl groups is 1. The van der Waals surface area contributed by atoms with Gasteiger partial charge in [-0.05, 0) is 32.1 Å². The van der Waals surface area contributed by atoms with E-state index in [4.69, 9.17) is 11.2 Å². The number of hydrogen-bond acceptors (Lipinski definition) is 2. The molecule has 2 heteroatoms. The Bertz CT molecular complexity index is 165. The van der Waals surface area contributed by atoms with E-state index in [9.17, 15) is 5.11 Å². The highest BCUT2D eigenvalue weighted by atomic mass is 16.5. The monoisotopic (exact) mass is 182 g/mol. The first-order chi connectivity index (χ1) is 6.33. The van der Waals surface area contributed by atoms with Crippen molar-refractivity contribution in [1.82, 2.24) is 0 Å². The molecule has 2 unspecified atom stereocenters. The Balaban J connectivity index is 2.07. The molecular formula is C11H18O2. The molecule has 0 aromatic heterocycles. The fourth-order valence-corrected chi connectivity index (χ4v) is 1.65. The molecule has 1 N–H and O–H groups in total. The maximum atomic E-state index is 9.38. The largest absolute Gasteiger partial charge is 0.392 e. The molecule has 0 saturated carbocycles. The van der Waals surface area contributed by atoms with E-state index in [2.05, 4.69) is 5.92 Å². The van der Waals surface area contributed by atoms with Gasteiger partial charge in [-0.3, -0.25) is 0 Å². The summed E-state index contributed by atoms with van der Waals surface area (Å²) in [5, 5.41) is 9.38. The molecule has 0 bridgehead atoms. The van der Waals surface area contributed by atoms with Crippen molar-refractivity contribution in [3.63, 3.8) is 0 Å². The summed E-state index contributed by atoms with van der Waals surface area (Å²) in [5.74, 6) is 2.46. The molecule has 1 saturated heterocycles. The van der Waals surface area contributed by atoms with Crippen LogP contribution in [0.5, 0.6) is 0 Å². The van der Waals surface area contributed by atoms with Gasteiger partial charge in [0.25, 0.3) is 0 Å². The van der Waals surface area contributed by atoms with Crippen LogP contribution in [0, 0.1) is 12.3 Å². The second kappa shape index (κ2) is 6.01. The highest BCUT2D eigenvalue weighted by Crippen LogP contribution is 2.18. The average molecular weight is 182 g/mol. The maximum Gasteiger partial charge on any atom is 0.0650 e. The van der Waals surface area contributed by atoms with Gasteiger partial charge in [-0.2, -0.15) is 0 Å². The zero-order chi connectivity index (χ0) is 9.52. The van der Waals surface area contributed by atoms with E-state index in [0.29, 0.717) is 12.5 Å². The zero-order valence-corrected chi connectivity index (χ0v) is 8.04. The first-order valence-electron chi connectivity index (χ1n) is 5.06. The second-order valence-corrected chi connectivity index (χ2v) is 3.63. The van der Waals surface area contributed by atoms with E-state index >= 15 is 0 Å². The van der Waals surface area contributed by atoms with Crippen LogP contribution in [0.1, 0.15) is 38.5 Å². The van der Waals surface area contributed by atoms with Crippen LogP contribution in [-0.2, 0) is 4.74 Å². The number of aliphatic hydroxyl groups excluding tert-OH is 1. The van der Waals surface area contributed by atoms with Crippen LogP contribution in [0.3, 0.4) is 0 Å². The lowest BCUT2D eigenvalue weighted by molar-refractivity contribution is 0.00264. The van der Waals surface area contributed by atoms with Gasteiger partial charge in [-0.1, -0.05) is 0 Å². The van der Waals surface area contributed by atoms with Crippen molar-refractivity contribution in [2.24, 2.45) is 0 Å². The summed E-state index contributed by atoms with van der Waals surface area (Å²) < 4.78 is 5.54. The van der Waals surface area contributed by atoms with Gasteiger partial charge in [-0.25, -0.2) is 0 Å². The molecular weight excluding hydrogens is 164 g/mol. The molecule has 0 spiro atoms. The van der Waals surface area contributed by atoms with E-state index in [1.807, 2.05) is 0 Å². The standard InChI is InChI=1S/C11H18O2/c1-2-5-10(12)7-8-11-6-3-4-9-13-11/h1,10-12H,3-9H2. The molecule has 74 valence electrons. The molecule has 2 nitrogen and oxygen atoms in total. The van der Waals surface area contributed by atoms with Crippen LogP contribution in [0.2, 0.25) is 0 Å². The third-order valence-electron chi connectivity index (χ3n) is 2.45. The van der Waals surface area contributed by atoms with Gasteiger partial charge in [0.1, 0.15) is 0 Å². The minimum absolute atomic E-state index is 0.337. The minimum Gasteiger partial charge on any atom is -0.392 e. The summed E-state index contributed by atoms with van der Waals surface area (Å²) in [4.78, 5) is 0. The van der Waals surface area contributed by atoms with E-state index in [0.717, 1.165) is 25.9 Å². The molecule has 1 rings (SSSR count). The van der Waals surface area contributed by atoms with Gasteiger partial charge < -0.3 is 9.84 Å². The molecule has 13 heavy (non-hydrogen) atoms. The number of ether oxygens (including phenoxy) is 1. The van der Waals surface area contributed by atoms with Gasteiger partial charge >= 0.3 is 0 Å². The van der Waals surface area contributed by atoms with Crippen LogP contribution in [0.15, 0.2) is 0 Å². The van der Waals surface area contributed by atoms with Crippen LogP contribution < -0.4 is 0 Å². The minimum atomic E-state index is -0.337. The number of hydrogen-bond donors (Lipinski definition) is 1. The molecule has 0 aliphatic carbocycles. The van der Waals surface area contributed by atoms with Crippen molar-refractivity contribution in [2.75, 3.05) is 6.61 Å². The van der Waals surface area contributed by atoms with Crippen molar-refractivity contribution in [1.29, 1.82) is 0 Å². The highest BCUT2D eigenvalue weighted by molar-refractivity contribution is 4.86. The van der Waals surface area contributed by atoms with Crippen molar-refractivity contribution < 1.29 is 9.84 Å². The first-order valence-corrected chi connectivity index (χ1v) is 5.06. The van der Waals surface area contributed by atoms with Crippen LogP contribution in [-0.4, -0.2) is 23.9 Å². The maximum absolute atomic E-state index is 9.38. The molecule has 0 aromatic carbocycles. The predicted octanol–water partition coefficient (Wildman–Crippen LogP) is 1.72. The highest BCUT2D eigenvalue weighted by Gasteiger charge is 2.14. The van der Waals surface area contributed by atoms with E-state index in [1.165, 1.54) is 12.8 Å². The summed E-state index contributed by atoms with van der Waals surface area (Å²) in [6.45, 7) is 0.885. The first kappa shape index (κ1) is 10.6. The summed E-state index contributed by atoms with van der Waals surface area (Å²) in [6, 6.07) is 0. The molecule has 1 heterocycles. The molecule has 1 fully saturated rings. The smallest absolute Gasteiger partial charge is 0.0650 e. The van der Waals surface area contributed by atoms with Gasteiger partial charge in [0.15, 0.2) is 0 Å². The summed E-state index contributed by atoms with van der Waals surface area (Å²) in [7, 11) is 0. The number of rotatable bonds is 4. The van der Waals surface area contributed by atoms with Crippen molar-refractivity contribution in [2.45, 2.75) is 50.7 Å². The quantitative estimate of drug-likeness (QED) is 0.671.